The fourth-order valence-corrected chi connectivity index (χ4v) is 3.00. The lowest BCUT2D eigenvalue weighted by Gasteiger charge is -2.27. The second-order valence-electron chi connectivity index (χ2n) is 6.09. The van der Waals surface area contributed by atoms with Crippen LogP contribution in [0.25, 0.3) is 0 Å². The summed E-state index contributed by atoms with van der Waals surface area (Å²) in [6.07, 6.45) is 0.992. The molecular weight excluding hydrogens is 420 g/mol. The Morgan fingerprint density at radius 3 is 2.42 bits per heavy atom. The topological polar surface area (TPSA) is 75.7 Å². The SMILES string of the molecule is CC(C)N(Cc1cccc(OS(C)(=O)=O)c1)C(=O)Nc1ccc(Br)cc1. The van der Waals surface area contributed by atoms with Crippen LogP contribution in [0.3, 0.4) is 0 Å². The number of hydrogen-bond donors (Lipinski definition) is 1. The van der Waals surface area contributed by atoms with Crippen LogP contribution in [-0.4, -0.2) is 31.6 Å². The van der Waals surface area contributed by atoms with Gasteiger partial charge in [0.05, 0.1) is 6.26 Å². The van der Waals surface area contributed by atoms with Gasteiger partial charge in [-0.15, -0.1) is 0 Å². The summed E-state index contributed by atoms with van der Waals surface area (Å²) in [5, 5.41) is 2.86. The number of amides is 2. The highest BCUT2D eigenvalue weighted by atomic mass is 79.9. The maximum Gasteiger partial charge on any atom is 0.322 e. The number of halogens is 1. The monoisotopic (exact) mass is 440 g/mol. The molecule has 26 heavy (non-hydrogen) atoms. The van der Waals surface area contributed by atoms with Gasteiger partial charge < -0.3 is 14.4 Å². The van der Waals surface area contributed by atoms with Crippen molar-refractivity contribution in [2.45, 2.75) is 26.4 Å². The van der Waals surface area contributed by atoms with Crippen molar-refractivity contribution in [1.82, 2.24) is 4.90 Å². The molecule has 0 fully saturated rings. The van der Waals surface area contributed by atoms with E-state index in [2.05, 4.69) is 21.2 Å². The molecule has 0 spiro atoms. The van der Waals surface area contributed by atoms with Gasteiger partial charge in [0.25, 0.3) is 0 Å². The van der Waals surface area contributed by atoms with Gasteiger partial charge in [-0.2, -0.15) is 8.42 Å². The summed E-state index contributed by atoms with van der Waals surface area (Å²) in [6, 6.07) is 13.7. The summed E-state index contributed by atoms with van der Waals surface area (Å²) in [4.78, 5) is 14.3. The van der Waals surface area contributed by atoms with Crippen LogP contribution < -0.4 is 9.50 Å². The molecule has 2 rings (SSSR count). The Hall–Kier alpha value is -2.06. The molecule has 8 heteroatoms. The van der Waals surface area contributed by atoms with Crippen molar-refractivity contribution in [2.24, 2.45) is 0 Å². The minimum atomic E-state index is -3.60. The van der Waals surface area contributed by atoms with Gasteiger partial charge >= 0.3 is 16.1 Å². The van der Waals surface area contributed by atoms with Crippen LogP contribution in [0.2, 0.25) is 0 Å². The lowest BCUT2D eigenvalue weighted by molar-refractivity contribution is 0.193. The van der Waals surface area contributed by atoms with Gasteiger partial charge in [-0.05, 0) is 55.8 Å². The summed E-state index contributed by atoms with van der Waals surface area (Å²) < 4.78 is 28.4. The van der Waals surface area contributed by atoms with Gasteiger partial charge in [0, 0.05) is 22.7 Å². The van der Waals surface area contributed by atoms with E-state index in [1.807, 2.05) is 32.0 Å². The molecular formula is C18H21BrN2O4S. The Kier molecular flexibility index (Phi) is 6.66. The third-order valence-electron chi connectivity index (χ3n) is 3.48. The molecule has 0 aromatic heterocycles. The van der Waals surface area contributed by atoms with Crippen LogP contribution in [0.1, 0.15) is 19.4 Å². The predicted octanol–water partition coefficient (Wildman–Crippen LogP) is 4.23. The molecule has 140 valence electrons. The molecule has 2 amide bonds. The number of carbonyl (C=O) groups is 1. The predicted molar refractivity (Wildman–Crippen MR) is 106 cm³/mol. The first-order valence-corrected chi connectivity index (χ1v) is 10.6. The Morgan fingerprint density at radius 2 is 1.85 bits per heavy atom. The average molecular weight is 441 g/mol. The zero-order valence-corrected chi connectivity index (χ0v) is 17.2. The lowest BCUT2D eigenvalue weighted by Crippen LogP contribution is -2.39. The van der Waals surface area contributed by atoms with E-state index in [9.17, 15) is 13.2 Å². The van der Waals surface area contributed by atoms with Gasteiger partial charge in [0.2, 0.25) is 0 Å². The van der Waals surface area contributed by atoms with Crippen molar-refractivity contribution in [2.75, 3.05) is 11.6 Å². The highest BCUT2D eigenvalue weighted by Gasteiger charge is 2.18. The number of anilines is 1. The fraction of sp³-hybridized carbons (Fsp3) is 0.278. The van der Waals surface area contributed by atoms with Crippen LogP contribution in [0.4, 0.5) is 10.5 Å². The molecule has 0 aliphatic rings. The zero-order valence-electron chi connectivity index (χ0n) is 14.8. The zero-order chi connectivity index (χ0) is 19.3. The second kappa shape index (κ2) is 8.55. The van der Waals surface area contributed by atoms with Crippen LogP contribution >= 0.6 is 15.9 Å². The first-order chi connectivity index (χ1) is 12.1. The lowest BCUT2D eigenvalue weighted by atomic mass is 10.2. The Labute approximate surface area is 162 Å². The molecule has 0 heterocycles. The minimum Gasteiger partial charge on any atom is -0.383 e. The number of nitrogens with zero attached hydrogens (tertiary/aromatic N) is 1. The van der Waals surface area contributed by atoms with Crippen molar-refractivity contribution in [1.29, 1.82) is 0 Å². The van der Waals surface area contributed by atoms with E-state index in [-0.39, 0.29) is 17.8 Å². The molecule has 6 nitrogen and oxygen atoms in total. The summed E-state index contributed by atoms with van der Waals surface area (Å²) in [5.74, 6) is 0.224. The van der Waals surface area contributed by atoms with Crippen LogP contribution in [0, 0.1) is 0 Å². The van der Waals surface area contributed by atoms with Gasteiger partial charge in [0.1, 0.15) is 5.75 Å². The highest BCUT2D eigenvalue weighted by Crippen LogP contribution is 2.19. The number of rotatable bonds is 6. The van der Waals surface area contributed by atoms with Crippen molar-refractivity contribution in [3.63, 3.8) is 0 Å². The average Bonchev–Trinajstić information content (AvgIpc) is 2.53. The van der Waals surface area contributed by atoms with E-state index in [0.29, 0.717) is 12.2 Å². The Morgan fingerprint density at radius 1 is 1.19 bits per heavy atom. The van der Waals surface area contributed by atoms with E-state index < -0.39 is 10.1 Å². The summed E-state index contributed by atoms with van der Waals surface area (Å²) in [6.45, 7) is 4.15. The molecule has 0 bridgehead atoms. The molecule has 2 aromatic rings. The van der Waals surface area contributed by atoms with E-state index >= 15 is 0 Å². The largest absolute Gasteiger partial charge is 0.383 e. The smallest absolute Gasteiger partial charge is 0.322 e. The van der Waals surface area contributed by atoms with Crippen molar-refractivity contribution < 1.29 is 17.4 Å². The maximum atomic E-state index is 12.6. The molecule has 2 aromatic carbocycles. The summed E-state index contributed by atoms with van der Waals surface area (Å²) in [7, 11) is -3.60. The van der Waals surface area contributed by atoms with E-state index in [0.717, 1.165) is 16.3 Å². The molecule has 0 saturated heterocycles. The standard InChI is InChI=1S/C18H21BrN2O4S/c1-13(2)21(18(22)20-16-9-7-15(19)8-10-16)12-14-5-4-6-17(11-14)25-26(3,23)24/h4-11,13H,12H2,1-3H3,(H,20,22). The molecule has 0 unspecified atom stereocenters. The first-order valence-electron chi connectivity index (χ1n) is 7.95. The van der Waals surface area contributed by atoms with Crippen molar-refractivity contribution in [3.05, 3.63) is 58.6 Å². The van der Waals surface area contributed by atoms with E-state index in [1.54, 1.807) is 35.2 Å². The maximum absolute atomic E-state index is 12.6. The normalized spacial score (nSPS) is 11.3. The van der Waals surface area contributed by atoms with Crippen molar-refractivity contribution in [3.8, 4) is 5.75 Å². The molecule has 0 aliphatic carbocycles. The number of benzene rings is 2. The van der Waals surface area contributed by atoms with Gasteiger partial charge in [0.15, 0.2) is 0 Å². The number of carbonyl (C=O) groups excluding carboxylic acids is 1. The number of nitrogens with one attached hydrogen (secondary N) is 1. The molecule has 0 atom stereocenters. The molecule has 0 saturated carbocycles. The third kappa shape index (κ3) is 6.34. The van der Waals surface area contributed by atoms with Gasteiger partial charge in [-0.25, -0.2) is 4.79 Å². The van der Waals surface area contributed by atoms with Crippen LogP contribution in [0.15, 0.2) is 53.0 Å². The number of hydrogen-bond acceptors (Lipinski definition) is 4. The molecule has 0 aliphatic heterocycles. The number of urea groups is 1. The van der Waals surface area contributed by atoms with E-state index in [1.165, 1.54) is 0 Å². The summed E-state index contributed by atoms with van der Waals surface area (Å²) >= 11 is 3.36. The molecule has 0 radical (unpaired) electrons. The highest BCUT2D eigenvalue weighted by molar-refractivity contribution is 9.10. The Balaban J connectivity index is 2.13. The second-order valence-corrected chi connectivity index (χ2v) is 8.58. The van der Waals surface area contributed by atoms with Crippen LogP contribution in [-0.2, 0) is 16.7 Å². The third-order valence-corrected chi connectivity index (χ3v) is 4.50. The Bertz CT molecular complexity index is 867. The van der Waals surface area contributed by atoms with Crippen LogP contribution in [0.5, 0.6) is 5.75 Å². The van der Waals surface area contributed by atoms with Gasteiger partial charge in [-0.3, -0.25) is 0 Å². The first kappa shape index (κ1) is 20.3. The van der Waals surface area contributed by atoms with Gasteiger partial charge in [-0.1, -0.05) is 28.1 Å². The molecule has 1 N–H and O–H groups in total. The summed E-state index contributed by atoms with van der Waals surface area (Å²) in [5.41, 5.74) is 1.46. The van der Waals surface area contributed by atoms with E-state index in [4.69, 9.17) is 4.18 Å². The fourth-order valence-electron chi connectivity index (χ4n) is 2.28. The van der Waals surface area contributed by atoms with Crippen molar-refractivity contribution >= 4 is 37.8 Å². The quantitative estimate of drug-likeness (QED) is 0.681. The minimum absolute atomic E-state index is 0.0510.